The molecule has 0 saturated heterocycles. The van der Waals surface area contributed by atoms with Crippen molar-refractivity contribution in [3.05, 3.63) is 12.2 Å². The number of unbranched alkanes of at least 4 members (excludes halogenated alkanes) is 3. The number of aliphatic hydroxyl groups is 1. The lowest BCUT2D eigenvalue weighted by atomic mass is 9.95. The van der Waals surface area contributed by atoms with Crippen molar-refractivity contribution in [3.63, 3.8) is 0 Å². The van der Waals surface area contributed by atoms with Crippen LogP contribution in [0.5, 0.6) is 0 Å². The van der Waals surface area contributed by atoms with Crippen LogP contribution in [0.1, 0.15) is 91.4 Å². The molecule has 2 N–H and O–H groups in total. The Morgan fingerprint density at radius 2 is 1.96 bits per heavy atom. The summed E-state index contributed by atoms with van der Waals surface area (Å²) in [5.41, 5.74) is -0.576. The molecule has 0 aromatic rings. The summed E-state index contributed by atoms with van der Waals surface area (Å²) in [4.78, 5) is 21.0. The molecule has 0 spiro atoms. The van der Waals surface area contributed by atoms with E-state index in [2.05, 4.69) is 19.9 Å². The number of carboxylic acid groups (broad SMARTS) is 1. The van der Waals surface area contributed by atoms with Crippen molar-refractivity contribution in [2.45, 2.75) is 97.0 Å². The molecule has 1 unspecified atom stereocenters. The van der Waals surface area contributed by atoms with Gasteiger partial charge in [-0.1, -0.05) is 51.7 Å². The summed E-state index contributed by atoms with van der Waals surface area (Å²) in [6.07, 6.45) is 13.7. The summed E-state index contributed by atoms with van der Waals surface area (Å²) in [6.45, 7) is 6.06. The van der Waals surface area contributed by atoms with E-state index < -0.39 is 11.6 Å². The van der Waals surface area contributed by atoms with Gasteiger partial charge in [0.15, 0.2) is 0 Å². The van der Waals surface area contributed by atoms with Crippen molar-refractivity contribution < 1.29 is 19.8 Å². The molecule has 1 aliphatic rings. The number of carbonyl (C=O) groups excluding carboxylic acids is 1. The Kier molecular flexibility index (Phi) is 12.5. The van der Waals surface area contributed by atoms with E-state index in [1.807, 2.05) is 13.0 Å². The third kappa shape index (κ3) is 13.3. The Hall–Kier alpha value is -1.16. The monoisotopic (exact) mass is 340 g/mol. The van der Waals surface area contributed by atoms with Crippen molar-refractivity contribution in [3.8, 4) is 0 Å². The smallest absolute Gasteiger partial charge is 0.303 e. The van der Waals surface area contributed by atoms with Crippen molar-refractivity contribution >= 4 is 11.8 Å². The molecule has 2 atom stereocenters. The first-order valence-electron chi connectivity index (χ1n) is 9.43. The molecule has 0 bridgehead atoms. The maximum atomic E-state index is 11.0. The Bertz CT molecular complexity index is 385. The summed E-state index contributed by atoms with van der Waals surface area (Å²) < 4.78 is 0. The fourth-order valence-corrected chi connectivity index (χ4v) is 2.87. The van der Waals surface area contributed by atoms with E-state index >= 15 is 0 Å². The van der Waals surface area contributed by atoms with Crippen LogP contribution >= 0.6 is 0 Å². The number of hydrogen-bond acceptors (Lipinski definition) is 3. The van der Waals surface area contributed by atoms with E-state index in [0.29, 0.717) is 31.0 Å². The Morgan fingerprint density at radius 1 is 1.25 bits per heavy atom. The lowest BCUT2D eigenvalue weighted by Gasteiger charge is -2.20. The van der Waals surface area contributed by atoms with Gasteiger partial charge >= 0.3 is 5.97 Å². The molecule has 1 rings (SSSR count). The maximum absolute atomic E-state index is 11.0. The Morgan fingerprint density at radius 3 is 2.46 bits per heavy atom. The lowest BCUT2D eigenvalue weighted by molar-refractivity contribution is -0.137. The summed E-state index contributed by atoms with van der Waals surface area (Å²) in [5, 5.41) is 18.1. The summed E-state index contributed by atoms with van der Waals surface area (Å²) in [7, 11) is 0. The van der Waals surface area contributed by atoms with Gasteiger partial charge in [-0.2, -0.15) is 0 Å². The zero-order chi connectivity index (χ0) is 18.4. The molecule has 0 aliphatic heterocycles. The average Bonchev–Trinajstić information content (AvgIpc) is 2.89. The van der Waals surface area contributed by atoms with Crippen molar-refractivity contribution in [2.75, 3.05) is 0 Å². The van der Waals surface area contributed by atoms with E-state index in [1.165, 1.54) is 6.42 Å². The van der Waals surface area contributed by atoms with Crippen LogP contribution in [0.4, 0.5) is 0 Å². The predicted octanol–water partition coefficient (Wildman–Crippen LogP) is 4.89. The van der Waals surface area contributed by atoms with Gasteiger partial charge in [0.1, 0.15) is 5.78 Å². The quantitative estimate of drug-likeness (QED) is 0.438. The van der Waals surface area contributed by atoms with Crippen molar-refractivity contribution in [1.82, 2.24) is 0 Å². The first-order valence-corrected chi connectivity index (χ1v) is 9.43. The van der Waals surface area contributed by atoms with Crippen LogP contribution < -0.4 is 0 Å². The van der Waals surface area contributed by atoms with Gasteiger partial charge in [0.25, 0.3) is 0 Å². The van der Waals surface area contributed by atoms with Crippen LogP contribution in [-0.2, 0) is 9.59 Å². The zero-order valence-electron chi connectivity index (χ0n) is 15.7. The normalized spacial score (nSPS) is 19.8. The molecule has 0 amide bonds. The average molecular weight is 341 g/mol. The molecule has 0 aromatic carbocycles. The standard InChI is InChI=1S/C13H22O2.C7H14O2/c1-3-8-13(2,15)9-4-5-11-6-7-12(14)10-11;1-2-3-4-5-6-7(8)9/h4-5,11,15H,3,6-10H2,1-2H3;2-6H2,1H3,(H,8,9)/b5-4+;/t11-,13?;/m0./s1. The molecule has 1 saturated carbocycles. The molecule has 0 radical (unpaired) electrons. The van der Waals surface area contributed by atoms with Gasteiger partial charge < -0.3 is 10.2 Å². The van der Waals surface area contributed by atoms with E-state index in [-0.39, 0.29) is 0 Å². The lowest BCUT2D eigenvalue weighted by Crippen LogP contribution is -2.22. The molecular formula is C20H36O4. The molecule has 1 aliphatic carbocycles. The second kappa shape index (κ2) is 13.2. The molecule has 4 nitrogen and oxygen atoms in total. The molecule has 24 heavy (non-hydrogen) atoms. The van der Waals surface area contributed by atoms with Gasteiger partial charge in [-0.3, -0.25) is 9.59 Å². The van der Waals surface area contributed by atoms with Crippen LogP contribution in [0, 0.1) is 5.92 Å². The largest absolute Gasteiger partial charge is 0.481 e. The van der Waals surface area contributed by atoms with Gasteiger partial charge in [0, 0.05) is 19.3 Å². The van der Waals surface area contributed by atoms with E-state index in [1.54, 1.807) is 0 Å². The number of Topliss-reactive ketones (excluding diaryl/α,β-unsaturated/α-hetero) is 1. The van der Waals surface area contributed by atoms with Crippen molar-refractivity contribution in [1.29, 1.82) is 0 Å². The first-order chi connectivity index (χ1) is 11.3. The predicted molar refractivity (Wildman–Crippen MR) is 98.0 cm³/mol. The van der Waals surface area contributed by atoms with Crippen LogP contribution in [0.2, 0.25) is 0 Å². The first kappa shape index (κ1) is 22.8. The number of ketones is 1. The van der Waals surface area contributed by atoms with Crippen LogP contribution in [0.25, 0.3) is 0 Å². The summed E-state index contributed by atoms with van der Waals surface area (Å²) >= 11 is 0. The minimum absolute atomic E-state index is 0.333. The summed E-state index contributed by atoms with van der Waals surface area (Å²) in [5.74, 6) is 0.131. The molecular weight excluding hydrogens is 304 g/mol. The molecule has 1 fully saturated rings. The van der Waals surface area contributed by atoms with Gasteiger partial charge in [-0.15, -0.1) is 0 Å². The third-order valence-electron chi connectivity index (χ3n) is 4.28. The molecule has 0 heterocycles. The second-order valence-electron chi connectivity index (χ2n) is 7.13. The zero-order valence-corrected chi connectivity index (χ0v) is 15.7. The third-order valence-corrected chi connectivity index (χ3v) is 4.28. The fourth-order valence-electron chi connectivity index (χ4n) is 2.87. The van der Waals surface area contributed by atoms with Gasteiger partial charge in [0.05, 0.1) is 5.60 Å². The van der Waals surface area contributed by atoms with Gasteiger partial charge in [0.2, 0.25) is 0 Å². The highest BCUT2D eigenvalue weighted by atomic mass is 16.4. The Labute approximate surface area is 147 Å². The topological polar surface area (TPSA) is 74.6 Å². The second-order valence-corrected chi connectivity index (χ2v) is 7.13. The van der Waals surface area contributed by atoms with Crippen LogP contribution in [-0.4, -0.2) is 27.6 Å². The van der Waals surface area contributed by atoms with E-state index in [9.17, 15) is 14.7 Å². The molecule has 4 heteroatoms. The molecule has 0 aromatic heterocycles. The highest BCUT2D eigenvalue weighted by Gasteiger charge is 2.20. The summed E-state index contributed by atoms with van der Waals surface area (Å²) in [6, 6.07) is 0. The number of aliphatic carboxylic acids is 1. The minimum atomic E-state index is -0.675. The number of carbonyl (C=O) groups is 2. The number of allylic oxidation sites excluding steroid dienone is 1. The van der Waals surface area contributed by atoms with E-state index in [0.717, 1.165) is 44.9 Å². The molecule has 140 valence electrons. The fraction of sp³-hybridized carbons (Fsp3) is 0.800. The SMILES string of the molecule is CCCC(C)(O)C/C=C/[C@H]1CCC(=O)C1.CCCCCCC(=O)O. The highest BCUT2D eigenvalue weighted by Crippen LogP contribution is 2.24. The Balaban J connectivity index is 0.000000506. The highest BCUT2D eigenvalue weighted by molar-refractivity contribution is 5.80. The van der Waals surface area contributed by atoms with Crippen LogP contribution in [0.3, 0.4) is 0 Å². The van der Waals surface area contributed by atoms with E-state index in [4.69, 9.17) is 5.11 Å². The number of hydrogen-bond donors (Lipinski definition) is 2. The van der Waals surface area contributed by atoms with Gasteiger partial charge in [-0.05, 0) is 38.5 Å². The maximum Gasteiger partial charge on any atom is 0.303 e. The minimum Gasteiger partial charge on any atom is -0.481 e. The van der Waals surface area contributed by atoms with Crippen LogP contribution in [0.15, 0.2) is 12.2 Å². The number of rotatable bonds is 10. The number of carboxylic acids is 1. The van der Waals surface area contributed by atoms with Gasteiger partial charge in [-0.25, -0.2) is 0 Å². The van der Waals surface area contributed by atoms with Crippen molar-refractivity contribution in [2.24, 2.45) is 5.92 Å².